The van der Waals surface area contributed by atoms with Gasteiger partial charge in [-0.1, -0.05) is 50.2 Å². The summed E-state index contributed by atoms with van der Waals surface area (Å²) in [5.74, 6) is 1.88. The standard InChI is InChI=1S/C20H22N2/c1-12-17-13-7-3-6-10-16(13)22-19(12)20(2)11-21-15-9-5-4-8-14(15)18(17)20/h3-10,12,17-19,21-22H,11H2,1-2H3/t12?,17-,18+,19-,20+/m0/s1. The number of nitrogens with one attached hydrogen (secondary N) is 2. The van der Waals surface area contributed by atoms with Crippen molar-refractivity contribution < 1.29 is 0 Å². The van der Waals surface area contributed by atoms with Crippen LogP contribution in [0.1, 0.15) is 36.8 Å². The Hall–Kier alpha value is -1.96. The molecule has 5 atom stereocenters. The first-order chi connectivity index (χ1) is 10.7. The molecule has 2 bridgehead atoms. The molecule has 2 aromatic carbocycles. The van der Waals surface area contributed by atoms with E-state index in [1.165, 1.54) is 22.5 Å². The van der Waals surface area contributed by atoms with E-state index in [9.17, 15) is 0 Å². The normalized spacial score (nSPS) is 37.4. The van der Waals surface area contributed by atoms with Crippen molar-refractivity contribution in [2.75, 3.05) is 17.2 Å². The third-order valence-electron chi connectivity index (χ3n) is 6.46. The van der Waals surface area contributed by atoms with Crippen molar-refractivity contribution in [1.29, 1.82) is 0 Å². The summed E-state index contributed by atoms with van der Waals surface area (Å²) in [6.45, 7) is 5.96. The van der Waals surface area contributed by atoms with Crippen molar-refractivity contribution in [3.05, 3.63) is 59.7 Å². The molecule has 2 aromatic rings. The van der Waals surface area contributed by atoms with Gasteiger partial charge in [-0.2, -0.15) is 0 Å². The smallest absolute Gasteiger partial charge is 0.0378 e. The molecule has 2 aliphatic heterocycles. The summed E-state index contributed by atoms with van der Waals surface area (Å²) in [6.07, 6.45) is 0. The molecule has 0 radical (unpaired) electrons. The van der Waals surface area contributed by atoms with Crippen molar-refractivity contribution in [1.82, 2.24) is 0 Å². The lowest BCUT2D eigenvalue weighted by molar-refractivity contribution is 0.274. The molecule has 112 valence electrons. The number of para-hydroxylation sites is 2. The van der Waals surface area contributed by atoms with Gasteiger partial charge in [-0.25, -0.2) is 0 Å². The maximum absolute atomic E-state index is 3.87. The van der Waals surface area contributed by atoms with Crippen LogP contribution in [0.2, 0.25) is 0 Å². The first-order valence-corrected chi connectivity index (χ1v) is 8.38. The Morgan fingerprint density at radius 1 is 0.955 bits per heavy atom. The van der Waals surface area contributed by atoms with E-state index in [-0.39, 0.29) is 5.41 Å². The molecule has 0 amide bonds. The molecular formula is C20H22N2. The van der Waals surface area contributed by atoms with Gasteiger partial charge in [0.1, 0.15) is 0 Å². The lowest BCUT2D eigenvalue weighted by Gasteiger charge is -2.42. The molecule has 2 heteroatoms. The van der Waals surface area contributed by atoms with E-state index in [2.05, 4.69) is 73.0 Å². The van der Waals surface area contributed by atoms with Gasteiger partial charge in [0.2, 0.25) is 0 Å². The van der Waals surface area contributed by atoms with E-state index in [1.807, 2.05) is 0 Å². The first-order valence-electron chi connectivity index (χ1n) is 8.38. The third-order valence-corrected chi connectivity index (χ3v) is 6.46. The summed E-state index contributed by atoms with van der Waals surface area (Å²) in [7, 11) is 0. The van der Waals surface area contributed by atoms with Crippen molar-refractivity contribution in [3.63, 3.8) is 0 Å². The molecule has 2 heterocycles. The number of hydrogen-bond acceptors (Lipinski definition) is 2. The van der Waals surface area contributed by atoms with Gasteiger partial charge >= 0.3 is 0 Å². The molecule has 2 N–H and O–H groups in total. The van der Waals surface area contributed by atoms with Crippen LogP contribution in [-0.2, 0) is 0 Å². The highest BCUT2D eigenvalue weighted by Gasteiger charge is 2.60. The molecule has 1 saturated carbocycles. The molecule has 1 aliphatic carbocycles. The Balaban J connectivity index is 1.77. The van der Waals surface area contributed by atoms with E-state index in [0.29, 0.717) is 23.8 Å². The molecule has 0 saturated heterocycles. The van der Waals surface area contributed by atoms with Gasteiger partial charge in [-0.05, 0) is 35.1 Å². The highest BCUT2D eigenvalue weighted by Crippen LogP contribution is 2.65. The molecular weight excluding hydrogens is 268 g/mol. The minimum absolute atomic E-state index is 0.261. The number of rotatable bonds is 0. The van der Waals surface area contributed by atoms with Crippen LogP contribution in [0.15, 0.2) is 48.5 Å². The second-order valence-electron chi connectivity index (χ2n) is 7.52. The highest BCUT2D eigenvalue weighted by atomic mass is 15.0. The van der Waals surface area contributed by atoms with Crippen LogP contribution in [-0.4, -0.2) is 12.6 Å². The lowest BCUT2D eigenvalue weighted by Crippen LogP contribution is -2.46. The van der Waals surface area contributed by atoms with Crippen molar-refractivity contribution in [2.45, 2.75) is 31.7 Å². The van der Waals surface area contributed by atoms with Crippen LogP contribution in [0.5, 0.6) is 0 Å². The zero-order chi connectivity index (χ0) is 14.9. The molecule has 1 fully saturated rings. The number of fused-ring (bicyclic) bond motifs is 9. The van der Waals surface area contributed by atoms with E-state index in [4.69, 9.17) is 0 Å². The Morgan fingerprint density at radius 2 is 1.64 bits per heavy atom. The summed E-state index contributed by atoms with van der Waals surface area (Å²) in [6, 6.07) is 18.4. The number of anilines is 2. The van der Waals surface area contributed by atoms with E-state index >= 15 is 0 Å². The summed E-state index contributed by atoms with van der Waals surface area (Å²) >= 11 is 0. The van der Waals surface area contributed by atoms with Gasteiger partial charge in [-0.15, -0.1) is 0 Å². The SMILES string of the molecule is CC1[C@H]2c3ccccc3N[C@@H]1[C@]1(C)CNc3ccccc3[C@H]21. The predicted octanol–water partition coefficient (Wildman–Crippen LogP) is 4.43. The molecule has 22 heavy (non-hydrogen) atoms. The Kier molecular flexibility index (Phi) is 2.32. The van der Waals surface area contributed by atoms with Crippen molar-refractivity contribution >= 4 is 11.4 Å². The minimum atomic E-state index is 0.261. The maximum Gasteiger partial charge on any atom is 0.0378 e. The second-order valence-corrected chi connectivity index (χ2v) is 7.52. The highest BCUT2D eigenvalue weighted by molar-refractivity contribution is 5.65. The van der Waals surface area contributed by atoms with E-state index in [0.717, 1.165) is 6.54 Å². The average Bonchev–Trinajstić information content (AvgIpc) is 2.70. The topological polar surface area (TPSA) is 24.1 Å². The molecule has 2 nitrogen and oxygen atoms in total. The van der Waals surface area contributed by atoms with Gasteiger partial charge in [0.15, 0.2) is 0 Å². The summed E-state index contributed by atoms with van der Waals surface area (Å²) in [5.41, 5.74) is 5.97. The Labute approximate surface area is 131 Å². The molecule has 1 unspecified atom stereocenters. The fourth-order valence-electron chi connectivity index (χ4n) is 5.54. The van der Waals surface area contributed by atoms with Crippen LogP contribution in [0, 0.1) is 11.3 Å². The van der Waals surface area contributed by atoms with Crippen molar-refractivity contribution in [2.24, 2.45) is 11.3 Å². The van der Waals surface area contributed by atoms with E-state index < -0.39 is 0 Å². The van der Waals surface area contributed by atoms with Gasteiger partial charge in [0, 0.05) is 35.3 Å². The fraction of sp³-hybridized carbons (Fsp3) is 0.400. The summed E-state index contributed by atoms with van der Waals surface area (Å²) in [5, 5.41) is 7.56. The van der Waals surface area contributed by atoms with Crippen LogP contribution < -0.4 is 10.6 Å². The fourth-order valence-corrected chi connectivity index (χ4v) is 5.54. The van der Waals surface area contributed by atoms with Crippen LogP contribution in [0.4, 0.5) is 11.4 Å². The maximum atomic E-state index is 3.87. The van der Waals surface area contributed by atoms with E-state index in [1.54, 1.807) is 0 Å². The van der Waals surface area contributed by atoms with Crippen LogP contribution in [0.3, 0.4) is 0 Å². The monoisotopic (exact) mass is 290 g/mol. The minimum Gasteiger partial charge on any atom is -0.384 e. The van der Waals surface area contributed by atoms with Gasteiger partial charge in [0.25, 0.3) is 0 Å². The average molecular weight is 290 g/mol. The molecule has 0 aromatic heterocycles. The number of benzene rings is 2. The first kappa shape index (κ1) is 12.6. The lowest BCUT2D eigenvalue weighted by atomic mass is 9.68. The zero-order valence-electron chi connectivity index (χ0n) is 13.1. The molecule has 5 rings (SSSR count). The van der Waals surface area contributed by atoms with Crippen LogP contribution in [0.25, 0.3) is 0 Å². The van der Waals surface area contributed by atoms with Gasteiger partial charge in [-0.3, -0.25) is 0 Å². The molecule has 0 spiro atoms. The van der Waals surface area contributed by atoms with Crippen LogP contribution >= 0.6 is 0 Å². The van der Waals surface area contributed by atoms with Crippen molar-refractivity contribution in [3.8, 4) is 0 Å². The predicted molar refractivity (Wildman–Crippen MR) is 91.5 cm³/mol. The largest absolute Gasteiger partial charge is 0.384 e. The Morgan fingerprint density at radius 3 is 2.45 bits per heavy atom. The number of hydrogen-bond donors (Lipinski definition) is 2. The van der Waals surface area contributed by atoms with Gasteiger partial charge < -0.3 is 10.6 Å². The quantitative estimate of drug-likeness (QED) is 0.750. The third kappa shape index (κ3) is 1.36. The second kappa shape index (κ2) is 4.07. The Bertz CT molecular complexity index is 753. The molecule has 3 aliphatic rings. The summed E-state index contributed by atoms with van der Waals surface area (Å²) < 4.78 is 0. The van der Waals surface area contributed by atoms with Gasteiger partial charge in [0.05, 0.1) is 0 Å². The summed E-state index contributed by atoms with van der Waals surface area (Å²) in [4.78, 5) is 0. The zero-order valence-corrected chi connectivity index (χ0v) is 13.1.